The first-order valence-electron chi connectivity index (χ1n) is 9.89. The van der Waals surface area contributed by atoms with Gasteiger partial charge in [0.15, 0.2) is 0 Å². The van der Waals surface area contributed by atoms with E-state index in [-0.39, 0.29) is 11.9 Å². The van der Waals surface area contributed by atoms with Gasteiger partial charge in [-0.1, -0.05) is 70.5 Å². The summed E-state index contributed by atoms with van der Waals surface area (Å²) in [7, 11) is 0. The molecule has 0 spiro atoms. The number of anilines is 2. The summed E-state index contributed by atoms with van der Waals surface area (Å²) in [5, 5.41) is 6.75. The van der Waals surface area contributed by atoms with Gasteiger partial charge < -0.3 is 10.6 Å². The van der Waals surface area contributed by atoms with E-state index in [1.807, 2.05) is 42.5 Å². The molecule has 0 bridgehead atoms. The highest BCUT2D eigenvalue weighted by molar-refractivity contribution is 9.10. The van der Waals surface area contributed by atoms with Crippen LogP contribution in [0, 0.1) is 5.92 Å². The molecule has 1 amide bonds. The average Bonchev–Trinajstić information content (AvgIpc) is 3.24. The third-order valence-corrected chi connectivity index (χ3v) is 6.43. The van der Waals surface area contributed by atoms with Gasteiger partial charge in [-0.2, -0.15) is 0 Å². The summed E-state index contributed by atoms with van der Waals surface area (Å²) in [6, 6.07) is 24.3. The van der Waals surface area contributed by atoms with Crippen LogP contribution in [0.15, 0.2) is 89.4 Å². The Hall–Kier alpha value is -2.85. The highest BCUT2D eigenvalue weighted by Crippen LogP contribution is 2.50. The maximum atomic E-state index is 13.1. The summed E-state index contributed by atoms with van der Waals surface area (Å²) >= 11 is 3.53. The molecule has 0 fully saturated rings. The molecule has 3 atom stereocenters. The predicted molar refractivity (Wildman–Crippen MR) is 121 cm³/mol. The van der Waals surface area contributed by atoms with Gasteiger partial charge in [0, 0.05) is 16.1 Å². The van der Waals surface area contributed by atoms with Crippen LogP contribution in [0.25, 0.3) is 0 Å². The number of para-hydroxylation sites is 2. The van der Waals surface area contributed by atoms with Gasteiger partial charge >= 0.3 is 0 Å². The van der Waals surface area contributed by atoms with E-state index >= 15 is 0 Å². The summed E-state index contributed by atoms with van der Waals surface area (Å²) in [6.45, 7) is 0. The van der Waals surface area contributed by atoms with Crippen molar-refractivity contribution in [1.29, 1.82) is 0 Å². The van der Waals surface area contributed by atoms with E-state index in [1.165, 1.54) is 11.1 Å². The lowest BCUT2D eigenvalue weighted by Crippen LogP contribution is -2.30. The van der Waals surface area contributed by atoms with Crippen LogP contribution < -0.4 is 10.6 Å². The Balaban J connectivity index is 1.53. The van der Waals surface area contributed by atoms with Crippen LogP contribution in [-0.4, -0.2) is 5.91 Å². The second-order valence-corrected chi connectivity index (χ2v) is 8.53. The largest absolute Gasteiger partial charge is 0.377 e. The lowest BCUT2D eigenvalue weighted by molar-refractivity contribution is 0.102. The molecule has 29 heavy (non-hydrogen) atoms. The second-order valence-electron chi connectivity index (χ2n) is 7.62. The molecule has 2 aliphatic rings. The minimum atomic E-state index is -0.0875. The Bertz CT molecular complexity index is 1080. The highest BCUT2D eigenvalue weighted by atomic mass is 79.9. The van der Waals surface area contributed by atoms with Crippen LogP contribution in [0.1, 0.15) is 39.9 Å². The van der Waals surface area contributed by atoms with Gasteiger partial charge in [0.1, 0.15) is 0 Å². The number of rotatable bonds is 3. The number of hydrogen-bond donors (Lipinski definition) is 2. The molecule has 3 nitrogen and oxygen atoms in total. The van der Waals surface area contributed by atoms with E-state index in [2.05, 4.69) is 69.0 Å². The Labute approximate surface area is 179 Å². The van der Waals surface area contributed by atoms with E-state index in [1.54, 1.807) is 0 Å². The molecule has 144 valence electrons. The molecule has 5 rings (SSSR count). The Morgan fingerprint density at radius 2 is 1.76 bits per heavy atom. The fraction of sp³-hybridized carbons (Fsp3) is 0.160. The number of hydrogen-bond acceptors (Lipinski definition) is 2. The zero-order valence-electron chi connectivity index (χ0n) is 15.8. The van der Waals surface area contributed by atoms with Crippen molar-refractivity contribution in [2.24, 2.45) is 5.92 Å². The minimum Gasteiger partial charge on any atom is -0.377 e. The van der Waals surface area contributed by atoms with Gasteiger partial charge in [0.05, 0.1) is 17.3 Å². The van der Waals surface area contributed by atoms with Crippen LogP contribution >= 0.6 is 15.9 Å². The SMILES string of the molecule is O=C(Nc1ccccc1)c1cccc2c1NC(c1ccc(Br)cc1)C1CC=CC21. The summed E-state index contributed by atoms with van der Waals surface area (Å²) < 4.78 is 1.07. The van der Waals surface area contributed by atoms with Crippen molar-refractivity contribution in [3.8, 4) is 0 Å². The molecular weight excluding hydrogens is 424 g/mol. The van der Waals surface area contributed by atoms with Crippen molar-refractivity contribution >= 4 is 33.2 Å². The third-order valence-electron chi connectivity index (χ3n) is 5.90. The molecule has 1 aliphatic carbocycles. The summed E-state index contributed by atoms with van der Waals surface area (Å²) in [5.74, 6) is 0.691. The zero-order valence-corrected chi connectivity index (χ0v) is 17.4. The van der Waals surface area contributed by atoms with Gasteiger partial charge in [-0.25, -0.2) is 0 Å². The van der Waals surface area contributed by atoms with E-state index in [0.29, 0.717) is 17.4 Å². The van der Waals surface area contributed by atoms with Crippen molar-refractivity contribution in [2.75, 3.05) is 10.6 Å². The maximum absolute atomic E-state index is 13.1. The summed E-state index contributed by atoms with van der Waals surface area (Å²) in [6.07, 6.45) is 5.61. The Morgan fingerprint density at radius 1 is 0.966 bits per heavy atom. The molecule has 0 aromatic heterocycles. The highest BCUT2D eigenvalue weighted by Gasteiger charge is 2.39. The Morgan fingerprint density at radius 3 is 2.55 bits per heavy atom. The number of amides is 1. The molecule has 0 saturated carbocycles. The lowest BCUT2D eigenvalue weighted by Gasteiger charge is -2.38. The predicted octanol–water partition coefficient (Wildman–Crippen LogP) is 6.53. The number of allylic oxidation sites excluding steroid dienone is 2. The van der Waals surface area contributed by atoms with Crippen LogP contribution in [0.3, 0.4) is 0 Å². The number of carbonyl (C=O) groups is 1. The van der Waals surface area contributed by atoms with Gasteiger partial charge in [-0.05, 0) is 53.8 Å². The van der Waals surface area contributed by atoms with Crippen LogP contribution in [0.5, 0.6) is 0 Å². The molecule has 1 heterocycles. The van der Waals surface area contributed by atoms with E-state index in [9.17, 15) is 4.79 Å². The number of benzene rings is 3. The van der Waals surface area contributed by atoms with Gasteiger partial charge in [-0.3, -0.25) is 4.79 Å². The van der Waals surface area contributed by atoms with Crippen LogP contribution in [-0.2, 0) is 0 Å². The van der Waals surface area contributed by atoms with Crippen molar-refractivity contribution in [1.82, 2.24) is 0 Å². The number of nitrogens with one attached hydrogen (secondary N) is 2. The molecule has 0 saturated heterocycles. The third kappa shape index (κ3) is 3.38. The standard InChI is InChI=1S/C25H21BrN2O/c26-17-14-12-16(13-15-17)23-20-9-4-8-19(20)21-10-5-11-22(24(21)28-23)25(29)27-18-6-2-1-3-7-18/h1-8,10-15,19-20,23,28H,9H2,(H,27,29). The minimum absolute atomic E-state index is 0.0875. The number of halogens is 1. The van der Waals surface area contributed by atoms with Crippen molar-refractivity contribution in [3.63, 3.8) is 0 Å². The first kappa shape index (κ1) is 18.2. The molecule has 3 unspecified atom stereocenters. The number of carbonyl (C=O) groups excluding carboxylic acids is 1. The quantitative estimate of drug-likeness (QED) is 0.450. The van der Waals surface area contributed by atoms with Gasteiger partial charge in [-0.15, -0.1) is 0 Å². The van der Waals surface area contributed by atoms with Crippen molar-refractivity contribution < 1.29 is 4.79 Å². The van der Waals surface area contributed by atoms with Gasteiger partial charge in [0.25, 0.3) is 5.91 Å². The molecule has 3 aromatic rings. The average molecular weight is 445 g/mol. The monoisotopic (exact) mass is 444 g/mol. The molecule has 4 heteroatoms. The fourth-order valence-electron chi connectivity index (χ4n) is 4.53. The Kier molecular flexibility index (Phi) is 4.72. The summed E-state index contributed by atoms with van der Waals surface area (Å²) in [5.41, 5.74) is 4.89. The van der Waals surface area contributed by atoms with Crippen LogP contribution in [0.2, 0.25) is 0 Å². The van der Waals surface area contributed by atoms with Gasteiger partial charge in [0.2, 0.25) is 0 Å². The van der Waals surface area contributed by atoms with E-state index in [4.69, 9.17) is 0 Å². The smallest absolute Gasteiger partial charge is 0.257 e. The molecule has 3 aromatic carbocycles. The topological polar surface area (TPSA) is 41.1 Å². The molecular formula is C25H21BrN2O. The lowest BCUT2D eigenvalue weighted by atomic mass is 9.76. The summed E-state index contributed by atoms with van der Waals surface area (Å²) in [4.78, 5) is 13.1. The maximum Gasteiger partial charge on any atom is 0.257 e. The molecule has 0 radical (unpaired) electrons. The van der Waals surface area contributed by atoms with E-state index in [0.717, 1.165) is 22.3 Å². The fourth-order valence-corrected chi connectivity index (χ4v) is 4.80. The molecule has 2 N–H and O–H groups in total. The van der Waals surface area contributed by atoms with Crippen molar-refractivity contribution in [2.45, 2.75) is 18.4 Å². The molecule has 1 aliphatic heterocycles. The van der Waals surface area contributed by atoms with E-state index < -0.39 is 0 Å². The van der Waals surface area contributed by atoms with Crippen LogP contribution in [0.4, 0.5) is 11.4 Å². The van der Waals surface area contributed by atoms with Crippen molar-refractivity contribution in [3.05, 3.63) is 106 Å². The first-order chi connectivity index (χ1) is 14.2. The first-order valence-corrected chi connectivity index (χ1v) is 10.7. The number of fused-ring (bicyclic) bond motifs is 3. The second kappa shape index (κ2) is 7.53. The zero-order chi connectivity index (χ0) is 19.8. The normalized spacial score (nSPS) is 21.8.